The van der Waals surface area contributed by atoms with Crippen LogP contribution in [0.5, 0.6) is 0 Å². The summed E-state index contributed by atoms with van der Waals surface area (Å²) in [6.45, 7) is 3.05. The molecule has 0 atom stereocenters. The minimum atomic E-state index is -0.154. The van der Waals surface area contributed by atoms with E-state index in [0.717, 1.165) is 17.3 Å². The maximum absolute atomic E-state index is 12.7. The van der Waals surface area contributed by atoms with Gasteiger partial charge in [0.25, 0.3) is 11.8 Å². The Labute approximate surface area is 161 Å². The minimum Gasteiger partial charge on any atom is -0.445 e. The number of hydrogen-bond acceptors (Lipinski definition) is 4. The third-order valence-electron chi connectivity index (χ3n) is 4.66. The van der Waals surface area contributed by atoms with Gasteiger partial charge in [0, 0.05) is 37.6 Å². The van der Waals surface area contributed by atoms with Gasteiger partial charge >= 0.3 is 0 Å². The van der Waals surface area contributed by atoms with E-state index in [2.05, 4.69) is 20.9 Å². The molecule has 2 aromatic rings. The van der Waals surface area contributed by atoms with Crippen LogP contribution in [0.1, 0.15) is 51.3 Å². The molecule has 1 aromatic carbocycles. The molecule has 0 spiro atoms. The van der Waals surface area contributed by atoms with E-state index in [9.17, 15) is 9.59 Å². The molecule has 6 nitrogen and oxygen atoms in total. The van der Waals surface area contributed by atoms with Crippen molar-refractivity contribution in [2.24, 2.45) is 0 Å². The van der Waals surface area contributed by atoms with Gasteiger partial charge < -0.3 is 14.2 Å². The minimum absolute atomic E-state index is 0.0305. The Morgan fingerprint density at radius 2 is 1.88 bits per heavy atom. The molecule has 0 radical (unpaired) electrons. The van der Waals surface area contributed by atoms with Gasteiger partial charge in [0.15, 0.2) is 11.6 Å². The van der Waals surface area contributed by atoms with Crippen molar-refractivity contribution in [3.05, 3.63) is 51.6 Å². The van der Waals surface area contributed by atoms with Crippen LogP contribution in [0.25, 0.3) is 0 Å². The van der Waals surface area contributed by atoms with Gasteiger partial charge in [0.2, 0.25) is 0 Å². The number of likely N-dealkylation sites (tertiary alicyclic amines) is 1. The van der Waals surface area contributed by atoms with Crippen molar-refractivity contribution in [2.75, 3.05) is 27.2 Å². The van der Waals surface area contributed by atoms with E-state index in [1.165, 1.54) is 4.90 Å². The molecule has 0 bridgehead atoms. The van der Waals surface area contributed by atoms with Gasteiger partial charge in [0.05, 0.1) is 5.56 Å². The molecule has 1 aromatic heterocycles. The van der Waals surface area contributed by atoms with E-state index in [-0.39, 0.29) is 17.7 Å². The van der Waals surface area contributed by atoms with Crippen LogP contribution in [0.3, 0.4) is 0 Å². The second kappa shape index (κ2) is 7.61. The topological polar surface area (TPSA) is 66.7 Å². The summed E-state index contributed by atoms with van der Waals surface area (Å²) in [4.78, 5) is 32.6. The molecular formula is C19H22BrN3O3. The fraction of sp³-hybridized carbons (Fsp3) is 0.421. The van der Waals surface area contributed by atoms with E-state index in [1.807, 2.05) is 29.2 Å². The Morgan fingerprint density at radius 1 is 1.23 bits per heavy atom. The van der Waals surface area contributed by atoms with Crippen molar-refractivity contribution >= 4 is 27.7 Å². The average molecular weight is 420 g/mol. The zero-order valence-corrected chi connectivity index (χ0v) is 16.7. The first-order chi connectivity index (χ1) is 12.4. The maximum Gasteiger partial charge on any atom is 0.275 e. The Balaban J connectivity index is 1.68. The highest BCUT2D eigenvalue weighted by molar-refractivity contribution is 9.10. The number of carbonyl (C=O) groups excluding carboxylic acids is 2. The number of piperidine rings is 1. The van der Waals surface area contributed by atoms with Gasteiger partial charge in [-0.05, 0) is 47.8 Å². The van der Waals surface area contributed by atoms with E-state index in [4.69, 9.17) is 4.42 Å². The summed E-state index contributed by atoms with van der Waals surface area (Å²) in [7, 11) is 3.39. The first-order valence-corrected chi connectivity index (χ1v) is 9.40. The predicted molar refractivity (Wildman–Crippen MR) is 101 cm³/mol. The molecule has 0 saturated carbocycles. The SMILES string of the molecule is Cc1oc(C2CCN(C(=O)c3ccccc3Br)CC2)nc1C(=O)N(C)C. The summed E-state index contributed by atoms with van der Waals surface area (Å²) in [6.07, 6.45) is 1.54. The van der Waals surface area contributed by atoms with Crippen molar-refractivity contribution in [3.8, 4) is 0 Å². The van der Waals surface area contributed by atoms with Gasteiger partial charge in [-0.2, -0.15) is 0 Å². The molecule has 0 unspecified atom stereocenters. The molecule has 1 fully saturated rings. The number of rotatable bonds is 3. The molecule has 1 aliphatic heterocycles. The molecular weight excluding hydrogens is 398 g/mol. The van der Waals surface area contributed by atoms with Gasteiger partial charge in [-0.1, -0.05) is 12.1 Å². The predicted octanol–water partition coefficient (Wildman–Crippen LogP) is 3.47. The lowest BCUT2D eigenvalue weighted by atomic mass is 9.96. The van der Waals surface area contributed by atoms with Gasteiger partial charge in [-0.25, -0.2) is 4.98 Å². The molecule has 26 heavy (non-hydrogen) atoms. The van der Waals surface area contributed by atoms with Crippen LogP contribution >= 0.6 is 15.9 Å². The van der Waals surface area contributed by atoms with E-state index in [1.54, 1.807) is 21.0 Å². The maximum atomic E-state index is 12.7. The van der Waals surface area contributed by atoms with Crippen LogP contribution in [0.2, 0.25) is 0 Å². The molecule has 1 aliphatic rings. The van der Waals surface area contributed by atoms with E-state index < -0.39 is 0 Å². The first-order valence-electron chi connectivity index (χ1n) is 8.61. The lowest BCUT2D eigenvalue weighted by Gasteiger charge is -2.31. The molecule has 2 amide bonds. The monoisotopic (exact) mass is 419 g/mol. The summed E-state index contributed by atoms with van der Waals surface area (Å²) in [6, 6.07) is 7.46. The average Bonchev–Trinajstić information content (AvgIpc) is 3.02. The number of aromatic nitrogens is 1. The number of amides is 2. The number of carbonyl (C=O) groups is 2. The van der Waals surface area contributed by atoms with Crippen LogP contribution in [-0.4, -0.2) is 53.8 Å². The number of oxazole rings is 1. The third-order valence-corrected chi connectivity index (χ3v) is 5.35. The number of benzene rings is 1. The van der Waals surface area contributed by atoms with Crippen LogP contribution in [0, 0.1) is 6.92 Å². The van der Waals surface area contributed by atoms with Crippen LogP contribution in [0.4, 0.5) is 0 Å². The second-order valence-electron chi connectivity index (χ2n) is 6.70. The fourth-order valence-electron chi connectivity index (χ4n) is 3.14. The lowest BCUT2D eigenvalue weighted by molar-refractivity contribution is 0.0705. The fourth-order valence-corrected chi connectivity index (χ4v) is 3.59. The summed E-state index contributed by atoms with van der Waals surface area (Å²) in [5, 5.41) is 0. The Bertz CT molecular complexity index is 823. The number of aryl methyl sites for hydroxylation is 1. The zero-order chi connectivity index (χ0) is 18.8. The van der Waals surface area contributed by atoms with Crippen molar-refractivity contribution in [1.29, 1.82) is 0 Å². The number of halogens is 1. The standard InChI is InChI=1S/C19H22BrN3O3/c1-12-16(19(25)22(2)3)21-17(26-12)13-8-10-23(11-9-13)18(24)14-6-4-5-7-15(14)20/h4-7,13H,8-11H2,1-3H3. The van der Waals surface area contributed by atoms with Crippen molar-refractivity contribution in [2.45, 2.75) is 25.7 Å². The quantitative estimate of drug-likeness (QED) is 0.763. The molecule has 0 N–H and O–H groups in total. The molecule has 3 rings (SSSR count). The summed E-state index contributed by atoms with van der Waals surface area (Å²) in [5.74, 6) is 1.15. The Morgan fingerprint density at radius 3 is 2.50 bits per heavy atom. The summed E-state index contributed by atoms with van der Waals surface area (Å²) in [5.41, 5.74) is 1.05. The number of nitrogens with zero attached hydrogens (tertiary/aromatic N) is 3. The van der Waals surface area contributed by atoms with E-state index in [0.29, 0.717) is 36.0 Å². The third kappa shape index (κ3) is 3.67. The van der Waals surface area contributed by atoms with Crippen molar-refractivity contribution in [1.82, 2.24) is 14.8 Å². The Hall–Kier alpha value is -2.15. The summed E-state index contributed by atoms with van der Waals surface area (Å²) < 4.78 is 6.56. The molecule has 7 heteroatoms. The highest BCUT2D eigenvalue weighted by atomic mass is 79.9. The van der Waals surface area contributed by atoms with Crippen molar-refractivity contribution < 1.29 is 14.0 Å². The van der Waals surface area contributed by atoms with Crippen LogP contribution in [-0.2, 0) is 0 Å². The van der Waals surface area contributed by atoms with Gasteiger partial charge in [-0.15, -0.1) is 0 Å². The lowest BCUT2D eigenvalue weighted by Crippen LogP contribution is -2.38. The second-order valence-corrected chi connectivity index (χ2v) is 7.56. The highest BCUT2D eigenvalue weighted by Gasteiger charge is 2.29. The molecule has 2 heterocycles. The smallest absolute Gasteiger partial charge is 0.275 e. The van der Waals surface area contributed by atoms with E-state index >= 15 is 0 Å². The molecule has 1 saturated heterocycles. The summed E-state index contributed by atoms with van der Waals surface area (Å²) >= 11 is 3.44. The normalized spacial score (nSPS) is 15.2. The van der Waals surface area contributed by atoms with Crippen molar-refractivity contribution in [3.63, 3.8) is 0 Å². The number of hydrogen-bond donors (Lipinski definition) is 0. The van der Waals surface area contributed by atoms with Crippen LogP contribution < -0.4 is 0 Å². The molecule has 0 aliphatic carbocycles. The highest BCUT2D eigenvalue weighted by Crippen LogP contribution is 2.30. The van der Waals surface area contributed by atoms with Gasteiger partial charge in [0.1, 0.15) is 5.76 Å². The molecule has 138 valence electrons. The first kappa shape index (κ1) is 18.6. The zero-order valence-electron chi connectivity index (χ0n) is 15.2. The Kier molecular flexibility index (Phi) is 5.46. The largest absolute Gasteiger partial charge is 0.445 e. The van der Waals surface area contributed by atoms with Crippen LogP contribution in [0.15, 0.2) is 33.2 Å². The van der Waals surface area contributed by atoms with Gasteiger partial charge in [-0.3, -0.25) is 9.59 Å².